The Labute approximate surface area is 180 Å². The molecular weight excluding hydrogens is 425 g/mol. The van der Waals surface area contributed by atoms with Gasteiger partial charge in [0.25, 0.3) is 15.9 Å². The van der Waals surface area contributed by atoms with Crippen LogP contribution < -0.4 is 4.31 Å². The van der Waals surface area contributed by atoms with Crippen LogP contribution in [0.15, 0.2) is 53.4 Å². The number of anilines is 1. The van der Waals surface area contributed by atoms with Crippen LogP contribution in [0.25, 0.3) is 0 Å². The number of hydrogen-bond acceptors (Lipinski definition) is 5. The number of carbonyl (C=O) groups is 2. The summed E-state index contributed by atoms with van der Waals surface area (Å²) in [6.45, 7) is 3.35. The lowest BCUT2D eigenvalue weighted by Crippen LogP contribution is -2.50. The molecule has 0 atom stereocenters. The third-order valence-electron chi connectivity index (χ3n) is 5.02. The van der Waals surface area contributed by atoms with Crippen molar-refractivity contribution in [1.82, 2.24) is 9.80 Å². The number of benzene rings is 2. The van der Waals surface area contributed by atoms with Gasteiger partial charge in [-0.1, -0.05) is 6.07 Å². The monoisotopic (exact) mass is 449 g/mol. The Bertz CT molecular complexity index is 1050. The van der Waals surface area contributed by atoms with Gasteiger partial charge in [-0.05, 0) is 49.4 Å². The van der Waals surface area contributed by atoms with Gasteiger partial charge in [-0.15, -0.1) is 0 Å². The van der Waals surface area contributed by atoms with E-state index in [-0.39, 0.29) is 23.0 Å². The van der Waals surface area contributed by atoms with Crippen LogP contribution in [0.3, 0.4) is 0 Å². The Kier molecular flexibility index (Phi) is 6.79. The molecule has 0 unspecified atom stereocenters. The molecule has 0 spiro atoms. The maximum absolute atomic E-state index is 13.2. The van der Waals surface area contributed by atoms with Gasteiger partial charge in [0.05, 0.1) is 17.2 Å². The second kappa shape index (κ2) is 9.34. The van der Waals surface area contributed by atoms with Gasteiger partial charge < -0.3 is 14.5 Å². The third kappa shape index (κ3) is 4.96. The van der Waals surface area contributed by atoms with Gasteiger partial charge in [-0.2, -0.15) is 0 Å². The Morgan fingerprint density at radius 2 is 1.65 bits per heavy atom. The highest BCUT2D eigenvalue weighted by molar-refractivity contribution is 7.92. The lowest BCUT2D eigenvalue weighted by Gasteiger charge is -2.34. The SMILES string of the molecule is CCOC(=O)N1CCN(C(=O)c2cccc(S(=O)(=O)N(C)c3ccc(F)cc3)c2)CC1. The molecular formula is C21H24FN3O5S. The number of hydrogen-bond donors (Lipinski definition) is 0. The second-order valence-electron chi connectivity index (χ2n) is 6.95. The molecule has 31 heavy (non-hydrogen) atoms. The van der Waals surface area contributed by atoms with Crippen molar-refractivity contribution < 1.29 is 27.1 Å². The number of ether oxygens (including phenoxy) is 1. The van der Waals surface area contributed by atoms with E-state index in [1.165, 1.54) is 54.4 Å². The van der Waals surface area contributed by atoms with E-state index in [2.05, 4.69) is 0 Å². The van der Waals surface area contributed by atoms with E-state index < -0.39 is 21.9 Å². The standard InChI is InChI=1S/C21H24FN3O5S/c1-3-30-21(27)25-13-11-24(12-14-25)20(26)16-5-4-6-19(15-16)31(28,29)23(2)18-9-7-17(22)8-10-18/h4-10,15H,3,11-14H2,1-2H3. The van der Waals surface area contributed by atoms with Gasteiger partial charge >= 0.3 is 6.09 Å². The largest absolute Gasteiger partial charge is 0.450 e. The Hall–Kier alpha value is -3.14. The minimum atomic E-state index is -3.95. The van der Waals surface area contributed by atoms with Crippen LogP contribution in [0, 0.1) is 5.82 Å². The maximum atomic E-state index is 13.2. The summed E-state index contributed by atoms with van der Waals surface area (Å²) in [5.41, 5.74) is 0.534. The van der Waals surface area contributed by atoms with Gasteiger partial charge in [-0.25, -0.2) is 17.6 Å². The topological polar surface area (TPSA) is 87.2 Å². The first-order valence-corrected chi connectivity index (χ1v) is 11.2. The molecule has 1 heterocycles. The van der Waals surface area contributed by atoms with Crippen molar-refractivity contribution >= 4 is 27.7 Å². The van der Waals surface area contributed by atoms with E-state index >= 15 is 0 Å². The summed E-state index contributed by atoms with van der Waals surface area (Å²) in [5, 5.41) is 0. The molecule has 0 aromatic heterocycles. The fraction of sp³-hybridized carbons (Fsp3) is 0.333. The van der Waals surface area contributed by atoms with Crippen LogP contribution >= 0.6 is 0 Å². The maximum Gasteiger partial charge on any atom is 0.409 e. The van der Waals surface area contributed by atoms with Crippen molar-refractivity contribution in [3.63, 3.8) is 0 Å². The van der Waals surface area contributed by atoms with Crippen molar-refractivity contribution in [3.05, 3.63) is 59.9 Å². The van der Waals surface area contributed by atoms with Gasteiger partial charge in [0.15, 0.2) is 0 Å². The molecule has 0 radical (unpaired) electrons. The number of sulfonamides is 1. The number of nitrogens with zero attached hydrogens (tertiary/aromatic N) is 3. The van der Waals surface area contributed by atoms with Crippen LogP contribution in [-0.2, 0) is 14.8 Å². The van der Waals surface area contributed by atoms with Gasteiger partial charge in [0.2, 0.25) is 0 Å². The van der Waals surface area contributed by atoms with Crippen LogP contribution in [0.2, 0.25) is 0 Å². The molecule has 2 amide bonds. The van der Waals surface area contributed by atoms with E-state index in [1.54, 1.807) is 17.9 Å². The molecule has 1 aliphatic heterocycles. The highest BCUT2D eigenvalue weighted by atomic mass is 32.2. The molecule has 2 aromatic rings. The van der Waals surface area contributed by atoms with E-state index in [1.807, 2.05) is 0 Å². The Morgan fingerprint density at radius 3 is 2.26 bits per heavy atom. The molecule has 0 bridgehead atoms. The van der Waals surface area contributed by atoms with E-state index in [9.17, 15) is 22.4 Å². The highest BCUT2D eigenvalue weighted by Gasteiger charge is 2.27. The molecule has 0 aliphatic carbocycles. The summed E-state index contributed by atoms with van der Waals surface area (Å²) in [7, 11) is -2.58. The highest BCUT2D eigenvalue weighted by Crippen LogP contribution is 2.23. The molecule has 1 saturated heterocycles. The minimum absolute atomic E-state index is 0.0460. The van der Waals surface area contributed by atoms with Crippen molar-refractivity contribution in [1.29, 1.82) is 0 Å². The van der Waals surface area contributed by atoms with Gasteiger partial charge in [-0.3, -0.25) is 9.10 Å². The van der Waals surface area contributed by atoms with Gasteiger partial charge in [0.1, 0.15) is 5.82 Å². The molecule has 0 saturated carbocycles. The molecule has 3 rings (SSSR count). The summed E-state index contributed by atoms with van der Waals surface area (Å²) < 4.78 is 45.2. The molecule has 1 fully saturated rings. The molecule has 1 aliphatic rings. The summed E-state index contributed by atoms with van der Waals surface area (Å²) in [6, 6.07) is 10.9. The predicted octanol–water partition coefficient (Wildman–Crippen LogP) is 2.57. The fourth-order valence-electron chi connectivity index (χ4n) is 3.23. The molecule has 166 valence electrons. The summed E-state index contributed by atoms with van der Waals surface area (Å²) >= 11 is 0. The Balaban J connectivity index is 1.74. The van der Waals surface area contributed by atoms with Crippen molar-refractivity contribution in [3.8, 4) is 0 Å². The summed E-state index contributed by atoms with van der Waals surface area (Å²) in [5.74, 6) is -0.782. The van der Waals surface area contributed by atoms with Crippen molar-refractivity contribution in [2.24, 2.45) is 0 Å². The first kappa shape index (κ1) is 22.5. The predicted molar refractivity (Wildman–Crippen MR) is 113 cm³/mol. The quantitative estimate of drug-likeness (QED) is 0.700. The van der Waals surface area contributed by atoms with Crippen LogP contribution in [0.5, 0.6) is 0 Å². The van der Waals surface area contributed by atoms with Gasteiger partial charge in [0, 0.05) is 38.8 Å². The number of carbonyl (C=O) groups excluding carboxylic acids is 2. The van der Waals surface area contributed by atoms with E-state index in [0.717, 1.165) is 4.31 Å². The third-order valence-corrected chi connectivity index (χ3v) is 6.80. The smallest absolute Gasteiger partial charge is 0.409 e. The normalized spacial score (nSPS) is 14.3. The number of amides is 2. The average molecular weight is 450 g/mol. The molecule has 8 nitrogen and oxygen atoms in total. The summed E-state index contributed by atoms with van der Waals surface area (Å²) in [4.78, 5) is 27.8. The number of halogens is 1. The van der Waals surface area contributed by atoms with Crippen LogP contribution in [-0.4, -0.2) is 70.1 Å². The first-order valence-electron chi connectivity index (χ1n) is 9.79. The zero-order chi connectivity index (χ0) is 22.6. The fourth-order valence-corrected chi connectivity index (χ4v) is 4.47. The van der Waals surface area contributed by atoms with E-state index in [4.69, 9.17) is 4.74 Å². The van der Waals surface area contributed by atoms with E-state index in [0.29, 0.717) is 31.9 Å². The zero-order valence-corrected chi connectivity index (χ0v) is 18.1. The molecule has 2 aromatic carbocycles. The second-order valence-corrected chi connectivity index (χ2v) is 8.92. The van der Waals surface area contributed by atoms with Crippen LogP contribution in [0.1, 0.15) is 17.3 Å². The first-order chi connectivity index (χ1) is 14.7. The van der Waals surface area contributed by atoms with Crippen molar-refractivity contribution in [2.45, 2.75) is 11.8 Å². The summed E-state index contributed by atoms with van der Waals surface area (Å²) in [6.07, 6.45) is -0.411. The molecule has 0 N–H and O–H groups in total. The van der Waals surface area contributed by atoms with Crippen LogP contribution in [0.4, 0.5) is 14.9 Å². The lowest BCUT2D eigenvalue weighted by atomic mass is 10.2. The minimum Gasteiger partial charge on any atom is -0.450 e. The lowest BCUT2D eigenvalue weighted by molar-refractivity contribution is 0.0570. The number of rotatable bonds is 5. The van der Waals surface area contributed by atoms with Crippen molar-refractivity contribution in [2.75, 3.05) is 44.1 Å². The Morgan fingerprint density at radius 1 is 1.03 bits per heavy atom. The number of piperazine rings is 1. The molecule has 10 heteroatoms. The average Bonchev–Trinajstić information content (AvgIpc) is 2.79. The zero-order valence-electron chi connectivity index (χ0n) is 17.3.